The molecule has 0 saturated carbocycles. The summed E-state index contributed by atoms with van der Waals surface area (Å²) in [5.74, 6) is -1.16. The van der Waals surface area contributed by atoms with E-state index in [1.54, 1.807) is 23.6 Å². The van der Waals surface area contributed by atoms with Crippen LogP contribution in [0.5, 0.6) is 17.4 Å². The van der Waals surface area contributed by atoms with Gasteiger partial charge in [0.2, 0.25) is 5.88 Å². The minimum atomic E-state index is -0.865. The molecule has 0 N–H and O–H groups in total. The standard InChI is InChI=1S/C22H20F2N4O4/c1-13-6-15(2-3-25-13)32-21-17(23)7-14(8-18(21)24)12-31-19-9-20-27-4-5-30-16(10-27)11-28(20)22(29)26-19/h2-3,6-9,16H,4-5,10-12H2,1H3. The van der Waals surface area contributed by atoms with Crippen molar-refractivity contribution in [2.45, 2.75) is 26.2 Å². The molecule has 0 aliphatic carbocycles. The highest BCUT2D eigenvalue weighted by Gasteiger charge is 2.30. The number of aryl methyl sites for hydroxylation is 1. The summed E-state index contributed by atoms with van der Waals surface area (Å²) in [7, 11) is 0. The van der Waals surface area contributed by atoms with Crippen LogP contribution in [-0.2, 0) is 17.9 Å². The number of benzene rings is 1. The summed E-state index contributed by atoms with van der Waals surface area (Å²) in [6.45, 7) is 3.96. The number of pyridine rings is 1. The van der Waals surface area contributed by atoms with Gasteiger partial charge in [0.05, 0.1) is 19.3 Å². The summed E-state index contributed by atoms with van der Waals surface area (Å²) in [4.78, 5) is 22.4. The Balaban J connectivity index is 1.33. The van der Waals surface area contributed by atoms with Crippen molar-refractivity contribution in [1.82, 2.24) is 14.5 Å². The third-order valence-corrected chi connectivity index (χ3v) is 5.35. The number of rotatable bonds is 5. The highest BCUT2D eigenvalue weighted by atomic mass is 19.1. The Labute approximate surface area is 182 Å². The van der Waals surface area contributed by atoms with Gasteiger partial charge in [0, 0.05) is 37.1 Å². The van der Waals surface area contributed by atoms with Crippen molar-refractivity contribution in [1.29, 1.82) is 0 Å². The molecule has 2 aliphatic heterocycles. The summed E-state index contributed by atoms with van der Waals surface area (Å²) in [6, 6.07) is 7.01. The van der Waals surface area contributed by atoms with E-state index in [-0.39, 0.29) is 29.9 Å². The van der Waals surface area contributed by atoms with Gasteiger partial charge in [-0.05, 0) is 30.7 Å². The number of fused-ring (bicyclic) bond motifs is 4. The molecule has 4 heterocycles. The molecule has 8 nitrogen and oxygen atoms in total. The fourth-order valence-electron chi connectivity index (χ4n) is 3.87. The largest absolute Gasteiger partial charge is 0.473 e. The van der Waals surface area contributed by atoms with Crippen LogP contribution >= 0.6 is 0 Å². The van der Waals surface area contributed by atoms with Crippen LogP contribution < -0.4 is 20.1 Å². The van der Waals surface area contributed by atoms with Gasteiger partial charge in [-0.25, -0.2) is 13.6 Å². The molecule has 0 spiro atoms. The third-order valence-electron chi connectivity index (χ3n) is 5.35. The number of morpholine rings is 1. The zero-order valence-electron chi connectivity index (χ0n) is 17.3. The zero-order valence-corrected chi connectivity index (χ0v) is 17.3. The van der Waals surface area contributed by atoms with Gasteiger partial charge >= 0.3 is 5.69 Å². The monoisotopic (exact) mass is 442 g/mol. The van der Waals surface area contributed by atoms with Crippen LogP contribution in [0, 0.1) is 18.6 Å². The topological polar surface area (TPSA) is 78.7 Å². The van der Waals surface area contributed by atoms with Crippen molar-refractivity contribution in [2.24, 2.45) is 0 Å². The first-order valence-electron chi connectivity index (χ1n) is 10.2. The van der Waals surface area contributed by atoms with Gasteiger partial charge in [0.1, 0.15) is 18.2 Å². The van der Waals surface area contributed by atoms with Crippen molar-refractivity contribution >= 4 is 5.82 Å². The molecule has 5 rings (SSSR count). The van der Waals surface area contributed by atoms with E-state index in [9.17, 15) is 13.6 Å². The number of hydrogen-bond donors (Lipinski definition) is 0. The van der Waals surface area contributed by atoms with Crippen LogP contribution in [-0.4, -0.2) is 40.3 Å². The average molecular weight is 442 g/mol. The summed E-state index contributed by atoms with van der Waals surface area (Å²) < 4.78 is 47.2. The fraction of sp³-hybridized carbons (Fsp3) is 0.318. The van der Waals surface area contributed by atoms with Crippen LogP contribution in [0.15, 0.2) is 41.3 Å². The van der Waals surface area contributed by atoms with E-state index in [1.807, 2.05) is 4.90 Å². The molecule has 2 aromatic heterocycles. The van der Waals surface area contributed by atoms with Crippen LogP contribution in [0.4, 0.5) is 14.6 Å². The van der Waals surface area contributed by atoms with Gasteiger partial charge in [0.25, 0.3) is 0 Å². The number of hydrogen-bond acceptors (Lipinski definition) is 7. The molecule has 166 valence electrons. The molecule has 1 atom stereocenters. The minimum absolute atomic E-state index is 0.0368. The molecule has 1 fully saturated rings. The first-order chi connectivity index (χ1) is 15.5. The van der Waals surface area contributed by atoms with Crippen molar-refractivity contribution in [3.63, 3.8) is 0 Å². The van der Waals surface area contributed by atoms with Gasteiger partial charge in [-0.2, -0.15) is 4.98 Å². The summed E-state index contributed by atoms with van der Waals surface area (Å²) in [6.07, 6.45) is 1.46. The van der Waals surface area contributed by atoms with Gasteiger partial charge in [-0.15, -0.1) is 0 Å². The van der Waals surface area contributed by atoms with Crippen molar-refractivity contribution in [3.8, 4) is 17.4 Å². The number of aromatic nitrogens is 3. The Bertz CT molecular complexity index is 1210. The lowest BCUT2D eigenvalue weighted by atomic mass is 10.2. The van der Waals surface area contributed by atoms with Gasteiger partial charge in [-0.1, -0.05) is 0 Å². The molecule has 32 heavy (non-hydrogen) atoms. The number of anilines is 1. The lowest BCUT2D eigenvalue weighted by molar-refractivity contribution is 0.0195. The van der Waals surface area contributed by atoms with E-state index in [0.717, 1.165) is 12.1 Å². The van der Waals surface area contributed by atoms with Gasteiger partial charge < -0.3 is 19.1 Å². The molecular formula is C22H20F2N4O4. The van der Waals surface area contributed by atoms with Gasteiger partial charge in [0.15, 0.2) is 17.4 Å². The lowest BCUT2D eigenvalue weighted by Gasteiger charge is -2.40. The molecule has 2 bridgehead atoms. The quantitative estimate of drug-likeness (QED) is 0.601. The van der Waals surface area contributed by atoms with Crippen LogP contribution in [0.1, 0.15) is 11.3 Å². The predicted octanol–water partition coefficient (Wildman–Crippen LogP) is 2.82. The molecule has 1 unspecified atom stereocenters. The normalized spacial score (nSPS) is 17.1. The zero-order chi connectivity index (χ0) is 22.2. The Morgan fingerprint density at radius 2 is 2.00 bits per heavy atom. The second-order valence-corrected chi connectivity index (χ2v) is 7.70. The maximum atomic E-state index is 14.5. The third kappa shape index (κ3) is 4.01. The van der Waals surface area contributed by atoms with Crippen LogP contribution in [0.2, 0.25) is 0 Å². The maximum absolute atomic E-state index is 14.5. The average Bonchev–Trinajstić information content (AvgIpc) is 2.76. The molecule has 0 amide bonds. The van der Waals surface area contributed by atoms with E-state index in [2.05, 4.69) is 9.97 Å². The molecule has 10 heteroatoms. The minimum Gasteiger partial charge on any atom is -0.473 e. The summed E-state index contributed by atoms with van der Waals surface area (Å²) in [5.41, 5.74) is 0.449. The first-order valence-corrected chi connectivity index (χ1v) is 10.2. The van der Waals surface area contributed by atoms with E-state index in [0.29, 0.717) is 37.8 Å². The molecular weight excluding hydrogens is 422 g/mol. The van der Waals surface area contributed by atoms with E-state index >= 15 is 0 Å². The number of ether oxygens (including phenoxy) is 3. The lowest BCUT2D eigenvalue weighted by Crippen LogP contribution is -2.52. The SMILES string of the molecule is Cc1cc(Oc2c(F)cc(COc3cc4n(c(=O)n3)CC3CN4CCO3)cc2F)ccn1. The molecule has 0 radical (unpaired) electrons. The van der Waals surface area contributed by atoms with E-state index < -0.39 is 23.1 Å². The number of nitrogens with zero attached hydrogens (tertiary/aromatic N) is 4. The smallest absolute Gasteiger partial charge is 0.352 e. The molecule has 3 aromatic rings. The maximum Gasteiger partial charge on any atom is 0.352 e. The van der Waals surface area contributed by atoms with Crippen molar-refractivity contribution < 1.29 is 23.0 Å². The Morgan fingerprint density at radius 1 is 1.19 bits per heavy atom. The van der Waals surface area contributed by atoms with E-state index in [4.69, 9.17) is 14.2 Å². The van der Waals surface area contributed by atoms with Crippen LogP contribution in [0.25, 0.3) is 0 Å². The molecule has 1 aromatic carbocycles. The fourth-order valence-corrected chi connectivity index (χ4v) is 3.87. The molecule has 2 aliphatic rings. The Kier molecular flexibility index (Phi) is 5.22. The second kappa shape index (κ2) is 8.19. The second-order valence-electron chi connectivity index (χ2n) is 7.70. The Hall–Kier alpha value is -3.53. The summed E-state index contributed by atoms with van der Waals surface area (Å²) >= 11 is 0. The van der Waals surface area contributed by atoms with Crippen molar-refractivity contribution in [3.05, 3.63) is 69.9 Å². The Morgan fingerprint density at radius 3 is 2.78 bits per heavy atom. The highest BCUT2D eigenvalue weighted by Crippen LogP contribution is 2.30. The van der Waals surface area contributed by atoms with Crippen LogP contribution in [0.3, 0.4) is 0 Å². The first kappa shape index (κ1) is 20.4. The highest BCUT2D eigenvalue weighted by molar-refractivity contribution is 5.45. The van der Waals surface area contributed by atoms with E-state index in [1.165, 1.54) is 12.3 Å². The number of halogens is 2. The van der Waals surface area contributed by atoms with Gasteiger partial charge in [-0.3, -0.25) is 9.55 Å². The van der Waals surface area contributed by atoms with Crippen molar-refractivity contribution in [2.75, 3.05) is 24.6 Å². The summed E-state index contributed by atoms with van der Waals surface area (Å²) in [5, 5.41) is 0. The predicted molar refractivity (Wildman–Crippen MR) is 110 cm³/mol. The molecule has 1 saturated heterocycles.